The number of nitrogens with two attached hydrogens (primary N) is 1. The zero-order chi connectivity index (χ0) is 14.4. The lowest BCUT2D eigenvalue weighted by molar-refractivity contribution is -0.125. The number of carbonyl (C=O) groups excluding carboxylic acids is 2. The number of thiophene rings is 1. The molecule has 1 fully saturated rings. The second-order valence-electron chi connectivity index (χ2n) is 4.81. The van der Waals surface area contributed by atoms with Crippen LogP contribution in [-0.4, -0.2) is 54.3 Å². The Balaban J connectivity index is 1.86. The van der Waals surface area contributed by atoms with Crippen molar-refractivity contribution in [2.45, 2.75) is 6.42 Å². The van der Waals surface area contributed by atoms with Crippen molar-refractivity contribution in [3.05, 3.63) is 28.5 Å². The molecule has 0 saturated carbocycles. The zero-order valence-corrected chi connectivity index (χ0v) is 12.1. The predicted octanol–water partition coefficient (Wildman–Crippen LogP) is 0.781. The highest BCUT2D eigenvalue weighted by Gasteiger charge is 2.18. The first-order chi connectivity index (χ1) is 9.65. The number of primary amides is 1. The molecule has 1 aromatic rings. The van der Waals surface area contributed by atoms with Gasteiger partial charge in [-0.05, 0) is 34.9 Å². The molecule has 2 rings (SSSR count). The number of nitrogens with zero attached hydrogens (tertiary/aromatic N) is 2. The Morgan fingerprint density at radius 3 is 2.85 bits per heavy atom. The van der Waals surface area contributed by atoms with E-state index in [4.69, 9.17) is 5.73 Å². The van der Waals surface area contributed by atoms with Crippen LogP contribution in [0.4, 0.5) is 0 Å². The molecule has 0 radical (unpaired) electrons. The highest BCUT2D eigenvalue weighted by atomic mass is 32.1. The van der Waals surface area contributed by atoms with E-state index in [0.717, 1.165) is 25.1 Å². The van der Waals surface area contributed by atoms with Crippen molar-refractivity contribution in [3.8, 4) is 0 Å². The minimum Gasteiger partial charge on any atom is -0.369 e. The standard InChI is InChI=1S/C14H19N3O2S/c15-13(18)10-16-5-1-6-17(8-7-16)14(19)3-2-12-4-9-20-11-12/h2-4,9,11H,1,5-8,10H2,(H2,15,18)/b3-2-. The maximum absolute atomic E-state index is 12.1. The molecule has 0 spiro atoms. The summed E-state index contributed by atoms with van der Waals surface area (Å²) in [6, 6.07) is 1.98. The van der Waals surface area contributed by atoms with Crippen LogP contribution in [0.2, 0.25) is 0 Å². The Kier molecular flexibility index (Phi) is 5.31. The maximum atomic E-state index is 12.1. The van der Waals surface area contributed by atoms with Gasteiger partial charge >= 0.3 is 0 Å². The lowest BCUT2D eigenvalue weighted by Gasteiger charge is -2.19. The molecule has 1 saturated heterocycles. The van der Waals surface area contributed by atoms with Crippen molar-refractivity contribution < 1.29 is 9.59 Å². The molecular weight excluding hydrogens is 274 g/mol. The molecule has 1 aliphatic heterocycles. The Hall–Kier alpha value is -1.66. The molecule has 2 heterocycles. The molecule has 2 N–H and O–H groups in total. The molecule has 5 nitrogen and oxygen atoms in total. The summed E-state index contributed by atoms with van der Waals surface area (Å²) in [5, 5.41) is 3.98. The molecule has 0 aliphatic carbocycles. The Morgan fingerprint density at radius 2 is 2.15 bits per heavy atom. The number of rotatable bonds is 4. The number of hydrogen-bond donors (Lipinski definition) is 1. The first kappa shape index (κ1) is 14.7. The quantitative estimate of drug-likeness (QED) is 0.834. The third kappa shape index (κ3) is 4.47. The Morgan fingerprint density at radius 1 is 1.30 bits per heavy atom. The summed E-state index contributed by atoms with van der Waals surface area (Å²) in [6.07, 6.45) is 4.32. The van der Waals surface area contributed by atoms with Gasteiger partial charge in [-0.1, -0.05) is 0 Å². The van der Waals surface area contributed by atoms with Gasteiger partial charge in [0, 0.05) is 32.3 Å². The molecule has 2 amide bonds. The lowest BCUT2D eigenvalue weighted by atomic mass is 10.3. The summed E-state index contributed by atoms with van der Waals surface area (Å²) in [5.74, 6) is -0.292. The molecular formula is C14H19N3O2S. The zero-order valence-electron chi connectivity index (χ0n) is 11.3. The second kappa shape index (κ2) is 7.21. The first-order valence-electron chi connectivity index (χ1n) is 6.65. The van der Waals surface area contributed by atoms with Gasteiger partial charge in [0.15, 0.2) is 0 Å². The molecule has 1 aliphatic rings. The number of carbonyl (C=O) groups is 2. The number of amides is 2. The van der Waals surface area contributed by atoms with Crippen molar-refractivity contribution in [1.29, 1.82) is 0 Å². The van der Waals surface area contributed by atoms with E-state index in [0.29, 0.717) is 13.1 Å². The lowest BCUT2D eigenvalue weighted by Crippen LogP contribution is -2.37. The van der Waals surface area contributed by atoms with E-state index < -0.39 is 0 Å². The number of hydrogen-bond acceptors (Lipinski definition) is 4. The minimum absolute atomic E-state index is 0.0251. The average molecular weight is 293 g/mol. The van der Waals surface area contributed by atoms with Gasteiger partial charge in [0.25, 0.3) is 0 Å². The second-order valence-corrected chi connectivity index (χ2v) is 5.59. The topological polar surface area (TPSA) is 66.6 Å². The van der Waals surface area contributed by atoms with Gasteiger partial charge in [0.1, 0.15) is 0 Å². The van der Waals surface area contributed by atoms with Crippen LogP contribution in [0, 0.1) is 0 Å². The molecule has 6 heteroatoms. The van der Waals surface area contributed by atoms with Gasteiger partial charge in [-0.15, -0.1) is 0 Å². The highest BCUT2D eigenvalue weighted by Crippen LogP contribution is 2.09. The van der Waals surface area contributed by atoms with E-state index in [1.165, 1.54) is 0 Å². The highest BCUT2D eigenvalue weighted by molar-refractivity contribution is 7.08. The summed E-state index contributed by atoms with van der Waals surface area (Å²) >= 11 is 1.61. The Labute approximate surface area is 122 Å². The van der Waals surface area contributed by atoms with Gasteiger partial charge in [0.2, 0.25) is 11.8 Å². The van der Waals surface area contributed by atoms with Crippen molar-refractivity contribution in [2.75, 3.05) is 32.7 Å². The van der Waals surface area contributed by atoms with Crippen LogP contribution < -0.4 is 5.73 Å². The van der Waals surface area contributed by atoms with Gasteiger partial charge in [-0.2, -0.15) is 11.3 Å². The Bertz CT molecular complexity index is 485. The van der Waals surface area contributed by atoms with Crippen LogP contribution in [0.1, 0.15) is 12.0 Å². The smallest absolute Gasteiger partial charge is 0.246 e. The molecule has 0 atom stereocenters. The fourth-order valence-electron chi connectivity index (χ4n) is 2.21. The molecule has 0 unspecified atom stereocenters. The molecule has 1 aromatic heterocycles. The van der Waals surface area contributed by atoms with E-state index >= 15 is 0 Å². The van der Waals surface area contributed by atoms with E-state index in [1.54, 1.807) is 17.4 Å². The van der Waals surface area contributed by atoms with Crippen LogP contribution in [0.25, 0.3) is 6.08 Å². The summed E-state index contributed by atoms with van der Waals surface area (Å²) in [5.41, 5.74) is 6.25. The summed E-state index contributed by atoms with van der Waals surface area (Å²) in [6.45, 7) is 3.14. The van der Waals surface area contributed by atoms with E-state index in [-0.39, 0.29) is 18.4 Å². The molecule has 108 valence electrons. The predicted molar refractivity (Wildman–Crippen MR) is 80.2 cm³/mol. The van der Waals surface area contributed by atoms with Gasteiger partial charge < -0.3 is 10.6 Å². The van der Waals surface area contributed by atoms with E-state index in [1.807, 2.05) is 32.7 Å². The fraction of sp³-hybridized carbons (Fsp3) is 0.429. The average Bonchev–Trinajstić information content (AvgIpc) is 2.82. The largest absolute Gasteiger partial charge is 0.369 e. The molecule has 0 aromatic carbocycles. The van der Waals surface area contributed by atoms with Crippen LogP contribution in [-0.2, 0) is 9.59 Å². The van der Waals surface area contributed by atoms with Gasteiger partial charge in [-0.3, -0.25) is 14.5 Å². The maximum Gasteiger partial charge on any atom is 0.246 e. The van der Waals surface area contributed by atoms with E-state index in [2.05, 4.69) is 0 Å². The molecule has 0 bridgehead atoms. The van der Waals surface area contributed by atoms with Crippen molar-refractivity contribution >= 4 is 29.2 Å². The van der Waals surface area contributed by atoms with E-state index in [9.17, 15) is 9.59 Å². The van der Waals surface area contributed by atoms with Crippen molar-refractivity contribution in [2.24, 2.45) is 5.73 Å². The monoisotopic (exact) mass is 293 g/mol. The van der Waals surface area contributed by atoms with Gasteiger partial charge in [0.05, 0.1) is 6.54 Å². The first-order valence-corrected chi connectivity index (χ1v) is 7.59. The normalized spacial score (nSPS) is 17.3. The minimum atomic E-state index is -0.317. The van der Waals surface area contributed by atoms with Gasteiger partial charge in [-0.25, -0.2) is 0 Å². The van der Waals surface area contributed by atoms with Crippen LogP contribution in [0.15, 0.2) is 22.9 Å². The summed E-state index contributed by atoms with van der Waals surface area (Å²) < 4.78 is 0. The summed E-state index contributed by atoms with van der Waals surface area (Å²) in [7, 11) is 0. The van der Waals surface area contributed by atoms with Crippen LogP contribution in [0.5, 0.6) is 0 Å². The third-order valence-corrected chi connectivity index (χ3v) is 3.94. The van der Waals surface area contributed by atoms with Crippen LogP contribution in [0.3, 0.4) is 0 Å². The fourth-order valence-corrected chi connectivity index (χ4v) is 2.84. The summed E-state index contributed by atoms with van der Waals surface area (Å²) in [4.78, 5) is 26.8. The third-order valence-electron chi connectivity index (χ3n) is 3.24. The SMILES string of the molecule is NC(=O)CN1CCCN(C(=O)/C=C\c2ccsc2)CC1. The van der Waals surface area contributed by atoms with Crippen molar-refractivity contribution in [1.82, 2.24) is 9.80 Å². The van der Waals surface area contributed by atoms with Crippen LogP contribution >= 0.6 is 11.3 Å². The van der Waals surface area contributed by atoms with Crippen molar-refractivity contribution in [3.63, 3.8) is 0 Å². The molecule has 20 heavy (non-hydrogen) atoms.